The molecule has 5 aliphatic carbocycles. The molecule has 0 aromatic heterocycles. The highest BCUT2D eigenvalue weighted by molar-refractivity contribution is 5.99. The molecule has 0 amide bonds. The van der Waals surface area contributed by atoms with Crippen molar-refractivity contribution in [3.05, 3.63) is 75.4 Å². The molecular weight excluding hydrogens is 436 g/mol. The molecule has 0 bridgehead atoms. The van der Waals surface area contributed by atoms with Gasteiger partial charge in [-0.25, -0.2) is 0 Å². The van der Waals surface area contributed by atoms with Gasteiger partial charge in [-0.05, 0) is 111 Å². The molecule has 0 saturated heterocycles. The van der Waals surface area contributed by atoms with Crippen molar-refractivity contribution >= 4 is 5.57 Å². The third kappa shape index (κ3) is 2.31. The maximum atomic E-state index is 6.90. The van der Waals surface area contributed by atoms with Gasteiger partial charge in [0.05, 0.1) is 5.41 Å². The molecule has 8 rings (SSSR count). The molecule has 1 heterocycles. The van der Waals surface area contributed by atoms with Crippen LogP contribution in [0.5, 0.6) is 11.5 Å². The van der Waals surface area contributed by atoms with Crippen molar-refractivity contribution in [1.29, 1.82) is 0 Å². The Hall–Kier alpha value is -2.28. The second-order valence-corrected chi connectivity index (χ2v) is 14.1. The van der Waals surface area contributed by atoms with Crippen molar-refractivity contribution in [2.75, 3.05) is 0 Å². The van der Waals surface area contributed by atoms with Crippen LogP contribution in [-0.4, -0.2) is 0 Å². The van der Waals surface area contributed by atoms with E-state index in [1.54, 1.807) is 22.3 Å². The van der Waals surface area contributed by atoms with E-state index in [4.69, 9.17) is 4.74 Å². The molecule has 6 aliphatic rings. The summed E-state index contributed by atoms with van der Waals surface area (Å²) in [6.45, 7) is 12.2. The molecule has 2 saturated carbocycles. The van der Waals surface area contributed by atoms with Crippen LogP contribution in [0.4, 0.5) is 0 Å². The maximum Gasteiger partial charge on any atom is 0.135 e. The molecule has 36 heavy (non-hydrogen) atoms. The summed E-state index contributed by atoms with van der Waals surface area (Å²) in [6, 6.07) is 13.9. The normalized spacial score (nSPS) is 34.2. The average Bonchev–Trinajstić information content (AvgIpc) is 3.57. The summed E-state index contributed by atoms with van der Waals surface area (Å²) in [5.41, 5.74) is 13.7. The van der Waals surface area contributed by atoms with Gasteiger partial charge >= 0.3 is 0 Å². The van der Waals surface area contributed by atoms with Gasteiger partial charge in [0.2, 0.25) is 0 Å². The van der Waals surface area contributed by atoms with Crippen molar-refractivity contribution < 1.29 is 4.74 Å². The van der Waals surface area contributed by atoms with Crippen LogP contribution in [0.1, 0.15) is 121 Å². The predicted octanol–water partition coefficient (Wildman–Crippen LogP) is 9.85. The monoisotopic (exact) mass is 476 g/mol. The Bertz CT molecular complexity index is 1410. The minimum Gasteiger partial charge on any atom is -0.456 e. The number of ether oxygens (including phenoxy) is 1. The fraction of sp³-hybridized carbons (Fsp3) is 0.543. The number of para-hydroxylation sites is 1. The number of allylic oxidation sites excluding steroid dienone is 4. The summed E-state index contributed by atoms with van der Waals surface area (Å²) >= 11 is 0. The highest BCUT2D eigenvalue weighted by Gasteiger charge is 2.62. The Morgan fingerprint density at radius 2 is 1.56 bits per heavy atom. The Morgan fingerprint density at radius 1 is 0.806 bits per heavy atom. The summed E-state index contributed by atoms with van der Waals surface area (Å²) in [4.78, 5) is 0. The zero-order valence-corrected chi connectivity index (χ0v) is 22.8. The molecule has 2 aromatic rings. The maximum absolute atomic E-state index is 6.90. The molecule has 3 unspecified atom stereocenters. The minimum atomic E-state index is 0.0348. The summed E-state index contributed by atoms with van der Waals surface area (Å²) in [5.74, 6) is 2.93. The van der Waals surface area contributed by atoms with Crippen LogP contribution in [0.25, 0.3) is 5.57 Å². The van der Waals surface area contributed by atoms with Crippen LogP contribution in [-0.2, 0) is 5.41 Å². The van der Waals surface area contributed by atoms with Crippen LogP contribution < -0.4 is 4.74 Å². The standard InChI is InChI=1S/C35H40O/c1-21-22(2)34(20-33(21)15-6-7-16-33)17-14-24(18-34)25-10-8-12-27-31(25)36-28-13-9-11-26-29-23(3)32(4,5)19-35(27,29)30(26)28/h8-13,24H,6-7,14-20H2,1-5H3. The van der Waals surface area contributed by atoms with Gasteiger partial charge in [0.1, 0.15) is 11.5 Å². The van der Waals surface area contributed by atoms with E-state index in [-0.39, 0.29) is 10.8 Å². The zero-order chi connectivity index (χ0) is 24.7. The quantitative estimate of drug-likeness (QED) is 0.372. The van der Waals surface area contributed by atoms with E-state index in [0.29, 0.717) is 16.7 Å². The molecule has 1 nitrogen and oxygen atoms in total. The van der Waals surface area contributed by atoms with Crippen molar-refractivity contribution in [2.24, 2.45) is 16.2 Å². The molecule has 2 aromatic carbocycles. The summed E-state index contributed by atoms with van der Waals surface area (Å²) in [6.07, 6.45) is 12.3. The molecule has 2 fully saturated rings. The van der Waals surface area contributed by atoms with Crippen molar-refractivity contribution in [3.8, 4) is 11.5 Å². The smallest absolute Gasteiger partial charge is 0.135 e. The molecule has 0 N–H and O–H groups in total. The zero-order valence-electron chi connectivity index (χ0n) is 22.8. The Kier molecular flexibility index (Phi) is 3.98. The summed E-state index contributed by atoms with van der Waals surface area (Å²) in [5, 5.41) is 0. The van der Waals surface area contributed by atoms with Crippen molar-refractivity contribution in [1.82, 2.24) is 0 Å². The van der Waals surface area contributed by atoms with E-state index in [0.717, 1.165) is 5.75 Å². The van der Waals surface area contributed by atoms with Crippen LogP contribution in [0.3, 0.4) is 0 Å². The topological polar surface area (TPSA) is 9.23 Å². The van der Waals surface area contributed by atoms with E-state index in [9.17, 15) is 0 Å². The van der Waals surface area contributed by atoms with E-state index in [1.807, 2.05) is 0 Å². The Balaban J connectivity index is 1.23. The number of fused-ring (bicyclic) bond motifs is 2. The molecule has 3 atom stereocenters. The van der Waals surface area contributed by atoms with Crippen LogP contribution in [0, 0.1) is 16.2 Å². The van der Waals surface area contributed by atoms with Crippen LogP contribution in [0.15, 0.2) is 53.1 Å². The fourth-order valence-corrected chi connectivity index (χ4v) is 10.4. The second kappa shape index (κ2) is 6.58. The second-order valence-electron chi connectivity index (χ2n) is 14.1. The van der Waals surface area contributed by atoms with Gasteiger partial charge in [0.15, 0.2) is 0 Å². The first-order valence-corrected chi connectivity index (χ1v) is 14.6. The van der Waals surface area contributed by atoms with E-state index >= 15 is 0 Å². The van der Waals surface area contributed by atoms with E-state index in [2.05, 4.69) is 71.0 Å². The van der Waals surface area contributed by atoms with Gasteiger partial charge in [-0.2, -0.15) is 0 Å². The summed E-state index contributed by atoms with van der Waals surface area (Å²) in [7, 11) is 0. The fourth-order valence-electron chi connectivity index (χ4n) is 10.4. The highest BCUT2D eigenvalue weighted by atomic mass is 16.5. The van der Waals surface area contributed by atoms with Gasteiger partial charge in [-0.3, -0.25) is 0 Å². The Morgan fingerprint density at radius 3 is 2.36 bits per heavy atom. The van der Waals surface area contributed by atoms with Crippen LogP contribution >= 0.6 is 0 Å². The Labute approximate surface area is 217 Å². The lowest BCUT2D eigenvalue weighted by molar-refractivity contribution is 0.241. The first kappa shape index (κ1) is 21.8. The molecule has 3 spiro atoms. The molecule has 1 heteroatoms. The lowest BCUT2D eigenvalue weighted by Gasteiger charge is -2.49. The number of benzene rings is 2. The van der Waals surface area contributed by atoms with Gasteiger partial charge in [0, 0.05) is 11.1 Å². The van der Waals surface area contributed by atoms with Gasteiger partial charge in [-0.15, -0.1) is 0 Å². The van der Waals surface area contributed by atoms with Crippen molar-refractivity contribution in [2.45, 2.75) is 104 Å². The van der Waals surface area contributed by atoms with Crippen molar-refractivity contribution in [3.63, 3.8) is 0 Å². The molecule has 0 radical (unpaired) electrons. The predicted molar refractivity (Wildman–Crippen MR) is 148 cm³/mol. The SMILES string of the molecule is CC1=C2c3cccc4c3C2(CC1(C)C)c1cccc(C2CCC3(C2)CC2(CCCC2)C(C)=C3C)c1O4. The highest BCUT2D eigenvalue weighted by Crippen LogP contribution is 2.74. The van der Waals surface area contributed by atoms with E-state index < -0.39 is 0 Å². The summed E-state index contributed by atoms with van der Waals surface area (Å²) < 4.78 is 6.90. The first-order chi connectivity index (χ1) is 17.2. The van der Waals surface area contributed by atoms with E-state index in [1.165, 1.54) is 85.8 Å². The number of rotatable bonds is 1. The van der Waals surface area contributed by atoms with Gasteiger partial charge in [0.25, 0.3) is 0 Å². The number of hydrogen-bond acceptors (Lipinski definition) is 1. The van der Waals surface area contributed by atoms with Crippen LogP contribution in [0.2, 0.25) is 0 Å². The van der Waals surface area contributed by atoms with Gasteiger partial charge in [-0.1, -0.05) is 73.7 Å². The first-order valence-electron chi connectivity index (χ1n) is 14.6. The average molecular weight is 477 g/mol. The largest absolute Gasteiger partial charge is 0.456 e. The minimum absolute atomic E-state index is 0.0348. The third-order valence-corrected chi connectivity index (χ3v) is 12.4. The third-order valence-electron chi connectivity index (χ3n) is 12.4. The lowest BCUT2D eigenvalue weighted by Crippen LogP contribution is -2.40. The molecule has 1 aliphatic heterocycles. The van der Waals surface area contributed by atoms with Gasteiger partial charge < -0.3 is 4.74 Å². The lowest BCUT2D eigenvalue weighted by atomic mass is 9.55. The number of hydrogen-bond donors (Lipinski definition) is 0. The molecular formula is C35H40O. The molecule has 186 valence electrons.